The molecule has 0 radical (unpaired) electrons. The van der Waals surface area contributed by atoms with Crippen LogP contribution in [0.1, 0.15) is 18.4 Å². The average Bonchev–Trinajstić information content (AvgIpc) is 2.46. The van der Waals surface area contributed by atoms with E-state index in [-0.39, 0.29) is 5.91 Å². The highest BCUT2D eigenvalue weighted by molar-refractivity contribution is 5.81. The van der Waals surface area contributed by atoms with Gasteiger partial charge in [0.05, 0.1) is 6.04 Å². The maximum Gasteiger partial charge on any atom is 0.237 e. The Labute approximate surface area is 121 Å². The normalized spacial score (nSPS) is 21.4. The SMILES string of the molecule is CN1CCCC(CNC(=O)[C@H](N)Cc2ccccc2)C1. The molecule has 1 amide bonds. The van der Waals surface area contributed by atoms with Crippen LogP contribution in [0.15, 0.2) is 30.3 Å². The van der Waals surface area contributed by atoms with Crippen LogP contribution in [0.25, 0.3) is 0 Å². The Balaban J connectivity index is 1.74. The van der Waals surface area contributed by atoms with Gasteiger partial charge >= 0.3 is 0 Å². The van der Waals surface area contributed by atoms with Crippen molar-refractivity contribution in [2.45, 2.75) is 25.3 Å². The van der Waals surface area contributed by atoms with E-state index in [0.717, 1.165) is 25.2 Å². The topological polar surface area (TPSA) is 58.4 Å². The van der Waals surface area contributed by atoms with Gasteiger partial charge in [0.1, 0.15) is 0 Å². The van der Waals surface area contributed by atoms with Crippen LogP contribution in [0.4, 0.5) is 0 Å². The number of amides is 1. The highest BCUT2D eigenvalue weighted by Gasteiger charge is 2.19. The minimum absolute atomic E-state index is 0.0397. The van der Waals surface area contributed by atoms with E-state index in [1.165, 1.54) is 12.8 Å². The van der Waals surface area contributed by atoms with Crippen LogP contribution in [-0.2, 0) is 11.2 Å². The molecular formula is C16H25N3O. The first-order valence-electron chi connectivity index (χ1n) is 7.41. The Morgan fingerprint density at radius 3 is 2.90 bits per heavy atom. The number of carbonyl (C=O) groups excluding carboxylic acids is 1. The molecule has 1 aromatic carbocycles. The lowest BCUT2D eigenvalue weighted by molar-refractivity contribution is -0.122. The molecule has 0 aliphatic carbocycles. The molecule has 110 valence electrons. The van der Waals surface area contributed by atoms with Gasteiger partial charge in [-0.2, -0.15) is 0 Å². The van der Waals surface area contributed by atoms with Crippen LogP contribution in [0.3, 0.4) is 0 Å². The molecule has 3 N–H and O–H groups in total. The molecule has 4 heteroatoms. The quantitative estimate of drug-likeness (QED) is 0.843. The fraction of sp³-hybridized carbons (Fsp3) is 0.562. The number of nitrogens with one attached hydrogen (secondary N) is 1. The fourth-order valence-electron chi connectivity index (χ4n) is 2.78. The first-order chi connectivity index (χ1) is 9.65. The molecule has 1 aromatic rings. The third kappa shape index (κ3) is 4.62. The number of rotatable bonds is 5. The van der Waals surface area contributed by atoms with E-state index < -0.39 is 6.04 Å². The molecule has 2 rings (SSSR count). The van der Waals surface area contributed by atoms with Gasteiger partial charge in [-0.3, -0.25) is 4.79 Å². The standard InChI is InChI=1S/C16H25N3O/c1-19-9-5-8-14(12-19)11-18-16(20)15(17)10-13-6-3-2-4-7-13/h2-4,6-7,14-15H,5,8-12,17H2,1H3,(H,18,20)/t14?,15-/m1/s1. The molecule has 4 nitrogen and oxygen atoms in total. The predicted molar refractivity (Wildman–Crippen MR) is 81.4 cm³/mol. The molecule has 2 atom stereocenters. The lowest BCUT2D eigenvalue weighted by Gasteiger charge is -2.30. The summed E-state index contributed by atoms with van der Waals surface area (Å²) in [6, 6.07) is 9.45. The summed E-state index contributed by atoms with van der Waals surface area (Å²) in [6.07, 6.45) is 3.00. The van der Waals surface area contributed by atoms with Gasteiger partial charge in [-0.05, 0) is 44.3 Å². The van der Waals surface area contributed by atoms with E-state index in [4.69, 9.17) is 5.73 Å². The van der Waals surface area contributed by atoms with Gasteiger partial charge in [0.2, 0.25) is 5.91 Å². The summed E-state index contributed by atoms with van der Waals surface area (Å²) in [5.41, 5.74) is 7.07. The number of likely N-dealkylation sites (tertiary alicyclic amines) is 1. The number of nitrogens with two attached hydrogens (primary N) is 1. The van der Waals surface area contributed by atoms with Gasteiger partial charge in [0.15, 0.2) is 0 Å². The molecule has 0 bridgehead atoms. The van der Waals surface area contributed by atoms with Gasteiger partial charge in [0.25, 0.3) is 0 Å². The predicted octanol–water partition coefficient (Wildman–Crippen LogP) is 1.01. The summed E-state index contributed by atoms with van der Waals surface area (Å²) >= 11 is 0. The zero-order valence-electron chi connectivity index (χ0n) is 12.2. The van der Waals surface area contributed by atoms with E-state index in [1.54, 1.807) is 0 Å². The van der Waals surface area contributed by atoms with Crippen molar-refractivity contribution in [3.63, 3.8) is 0 Å². The monoisotopic (exact) mass is 275 g/mol. The minimum Gasteiger partial charge on any atom is -0.354 e. The highest BCUT2D eigenvalue weighted by atomic mass is 16.2. The van der Waals surface area contributed by atoms with Gasteiger partial charge in [-0.15, -0.1) is 0 Å². The second-order valence-corrected chi connectivity index (χ2v) is 5.81. The lowest BCUT2D eigenvalue weighted by atomic mass is 9.98. The molecular weight excluding hydrogens is 250 g/mol. The van der Waals surface area contributed by atoms with E-state index in [9.17, 15) is 4.79 Å². The molecule has 20 heavy (non-hydrogen) atoms. The summed E-state index contributed by atoms with van der Waals surface area (Å²) in [7, 11) is 2.13. The van der Waals surface area contributed by atoms with E-state index in [0.29, 0.717) is 12.3 Å². The Bertz CT molecular complexity index is 421. The Morgan fingerprint density at radius 1 is 1.45 bits per heavy atom. The summed E-state index contributed by atoms with van der Waals surface area (Å²) in [5, 5.41) is 3.00. The fourth-order valence-corrected chi connectivity index (χ4v) is 2.78. The van der Waals surface area contributed by atoms with Gasteiger partial charge < -0.3 is 16.0 Å². The van der Waals surface area contributed by atoms with E-state index in [1.807, 2.05) is 30.3 Å². The second kappa shape index (κ2) is 7.41. The van der Waals surface area contributed by atoms with Crippen molar-refractivity contribution in [1.29, 1.82) is 0 Å². The third-order valence-electron chi connectivity index (χ3n) is 3.92. The molecule has 1 saturated heterocycles. The van der Waals surface area contributed by atoms with Gasteiger partial charge in [0, 0.05) is 13.1 Å². The first kappa shape index (κ1) is 15.0. The van der Waals surface area contributed by atoms with Crippen molar-refractivity contribution < 1.29 is 4.79 Å². The molecule has 1 fully saturated rings. The van der Waals surface area contributed by atoms with E-state index in [2.05, 4.69) is 17.3 Å². The maximum atomic E-state index is 12.0. The number of piperidine rings is 1. The summed E-state index contributed by atoms with van der Waals surface area (Å²) in [4.78, 5) is 14.3. The van der Waals surface area contributed by atoms with Crippen LogP contribution in [0.5, 0.6) is 0 Å². The number of carbonyl (C=O) groups is 1. The van der Waals surface area contributed by atoms with Crippen LogP contribution in [0.2, 0.25) is 0 Å². The summed E-state index contributed by atoms with van der Waals surface area (Å²) < 4.78 is 0. The van der Waals surface area contributed by atoms with Crippen molar-refractivity contribution in [2.24, 2.45) is 11.7 Å². The molecule has 0 saturated carbocycles. The molecule has 0 spiro atoms. The van der Waals surface area contributed by atoms with Crippen LogP contribution < -0.4 is 11.1 Å². The number of hydrogen-bond acceptors (Lipinski definition) is 3. The van der Waals surface area contributed by atoms with Gasteiger partial charge in [-0.1, -0.05) is 30.3 Å². The third-order valence-corrected chi connectivity index (χ3v) is 3.92. The zero-order chi connectivity index (χ0) is 14.4. The van der Waals surface area contributed by atoms with Crippen molar-refractivity contribution in [3.05, 3.63) is 35.9 Å². The first-order valence-corrected chi connectivity index (χ1v) is 7.41. The smallest absolute Gasteiger partial charge is 0.237 e. The lowest BCUT2D eigenvalue weighted by Crippen LogP contribution is -2.45. The van der Waals surface area contributed by atoms with Gasteiger partial charge in [-0.25, -0.2) is 0 Å². The highest BCUT2D eigenvalue weighted by Crippen LogP contribution is 2.13. The zero-order valence-corrected chi connectivity index (χ0v) is 12.2. The Kier molecular flexibility index (Phi) is 5.56. The second-order valence-electron chi connectivity index (χ2n) is 5.81. The maximum absolute atomic E-state index is 12.0. The number of benzene rings is 1. The average molecular weight is 275 g/mol. The molecule has 1 unspecified atom stereocenters. The minimum atomic E-state index is -0.460. The Morgan fingerprint density at radius 2 is 2.20 bits per heavy atom. The van der Waals surface area contributed by atoms with Crippen LogP contribution >= 0.6 is 0 Å². The Hall–Kier alpha value is -1.39. The molecule has 0 aromatic heterocycles. The van der Waals surface area contributed by atoms with Crippen molar-refractivity contribution in [2.75, 3.05) is 26.7 Å². The van der Waals surface area contributed by atoms with E-state index >= 15 is 0 Å². The van der Waals surface area contributed by atoms with Crippen LogP contribution in [0, 0.1) is 5.92 Å². The summed E-state index contributed by atoms with van der Waals surface area (Å²) in [5.74, 6) is 0.517. The van der Waals surface area contributed by atoms with Crippen molar-refractivity contribution in [1.82, 2.24) is 10.2 Å². The molecule has 1 aliphatic heterocycles. The number of nitrogens with zero attached hydrogens (tertiary/aromatic N) is 1. The summed E-state index contributed by atoms with van der Waals surface area (Å²) in [6.45, 7) is 2.97. The van der Waals surface area contributed by atoms with Crippen LogP contribution in [-0.4, -0.2) is 43.5 Å². The molecule has 1 heterocycles. The molecule has 1 aliphatic rings. The largest absolute Gasteiger partial charge is 0.354 e. The van der Waals surface area contributed by atoms with Crippen molar-refractivity contribution in [3.8, 4) is 0 Å². The van der Waals surface area contributed by atoms with Crippen molar-refractivity contribution >= 4 is 5.91 Å². The number of hydrogen-bond donors (Lipinski definition) is 2.